The molecule has 4 heteroatoms. The Morgan fingerprint density at radius 2 is 1.86 bits per heavy atom. The number of aryl methyl sites for hydroxylation is 1. The first-order valence-electron chi connectivity index (χ1n) is 7.33. The fraction of sp³-hybridized carbons (Fsp3) is 0.529. The molecule has 1 aliphatic rings. The number of hydrogen-bond acceptors (Lipinski definition) is 4. The van der Waals surface area contributed by atoms with Gasteiger partial charge in [-0.3, -0.25) is 4.90 Å². The number of rotatable bonds is 5. The lowest BCUT2D eigenvalue weighted by Gasteiger charge is -2.32. The highest BCUT2D eigenvalue weighted by Gasteiger charge is 2.19. The van der Waals surface area contributed by atoms with E-state index in [0.717, 1.165) is 49.7 Å². The van der Waals surface area contributed by atoms with Crippen molar-refractivity contribution in [3.63, 3.8) is 0 Å². The summed E-state index contributed by atoms with van der Waals surface area (Å²) in [6.45, 7) is 4.93. The summed E-state index contributed by atoms with van der Waals surface area (Å²) < 4.78 is 10.7. The summed E-state index contributed by atoms with van der Waals surface area (Å²) in [5.41, 5.74) is 2.28. The number of nitrogens with one attached hydrogen (secondary N) is 1. The van der Waals surface area contributed by atoms with Crippen LogP contribution in [0.1, 0.15) is 18.4 Å². The fourth-order valence-corrected chi connectivity index (χ4v) is 2.72. The van der Waals surface area contributed by atoms with Crippen molar-refractivity contribution >= 4 is 5.69 Å². The van der Waals surface area contributed by atoms with E-state index in [4.69, 9.17) is 15.9 Å². The lowest BCUT2D eigenvalue weighted by Crippen LogP contribution is -2.39. The predicted molar refractivity (Wildman–Crippen MR) is 86.2 cm³/mol. The van der Waals surface area contributed by atoms with Crippen LogP contribution in [0, 0.1) is 19.3 Å². The van der Waals surface area contributed by atoms with Gasteiger partial charge >= 0.3 is 0 Å². The maximum atomic E-state index is 5.37. The number of methoxy groups -OCH3 is 2. The summed E-state index contributed by atoms with van der Waals surface area (Å²) >= 11 is 0. The molecule has 1 heterocycles. The van der Waals surface area contributed by atoms with Crippen LogP contribution in [0.3, 0.4) is 0 Å². The second-order valence-corrected chi connectivity index (χ2v) is 5.42. The van der Waals surface area contributed by atoms with Crippen LogP contribution in [0.2, 0.25) is 0 Å². The Morgan fingerprint density at radius 3 is 2.43 bits per heavy atom. The molecule has 1 N–H and O–H groups in total. The number of hydrogen-bond donors (Lipinski definition) is 1. The van der Waals surface area contributed by atoms with Crippen LogP contribution in [-0.4, -0.2) is 44.8 Å². The van der Waals surface area contributed by atoms with Gasteiger partial charge in [-0.25, -0.2) is 0 Å². The maximum Gasteiger partial charge on any atom is 0.162 e. The third-order valence-electron chi connectivity index (χ3n) is 3.99. The van der Waals surface area contributed by atoms with Crippen molar-refractivity contribution in [1.82, 2.24) is 4.90 Å². The second-order valence-electron chi connectivity index (χ2n) is 5.42. The van der Waals surface area contributed by atoms with Gasteiger partial charge in [0, 0.05) is 30.9 Å². The van der Waals surface area contributed by atoms with Crippen LogP contribution in [-0.2, 0) is 0 Å². The molecule has 0 spiro atoms. The van der Waals surface area contributed by atoms with Crippen LogP contribution in [0.15, 0.2) is 12.1 Å². The zero-order valence-electron chi connectivity index (χ0n) is 13.1. The smallest absolute Gasteiger partial charge is 0.162 e. The number of ether oxygens (including phenoxy) is 2. The molecule has 114 valence electrons. The molecule has 1 aromatic rings. The Morgan fingerprint density at radius 1 is 1.24 bits per heavy atom. The SMILES string of the molecule is C#CCN1CCC(Nc2cc(OC)c(OC)cc2C)CC1. The molecule has 0 aliphatic carbocycles. The average molecular weight is 288 g/mol. The molecular formula is C17H24N2O2. The number of nitrogens with zero attached hydrogens (tertiary/aromatic N) is 1. The first-order valence-corrected chi connectivity index (χ1v) is 7.33. The first-order chi connectivity index (χ1) is 10.2. The van der Waals surface area contributed by atoms with Gasteiger partial charge in [-0.1, -0.05) is 5.92 Å². The van der Waals surface area contributed by atoms with E-state index in [1.807, 2.05) is 12.1 Å². The van der Waals surface area contributed by atoms with Gasteiger partial charge in [-0.2, -0.15) is 0 Å². The van der Waals surface area contributed by atoms with Gasteiger partial charge in [-0.15, -0.1) is 6.42 Å². The summed E-state index contributed by atoms with van der Waals surface area (Å²) in [4.78, 5) is 2.32. The van der Waals surface area contributed by atoms with E-state index in [0.29, 0.717) is 6.04 Å². The Kier molecular flexibility index (Phi) is 5.35. The van der Waals surface area contributed by atoms with Gasteiger partial charge in [0.2, 0.25) is 0 Å². The fourth-order valence-electron chi connectivity index (χ4n) is 2.72. The lowest BCUT2D eigenvalue weighted by molar-refractivity contribution is 0.243. The standard InChI is InChI=1S/C17H24N2O2/c1-5-8-19-9-6-14(7-10-19)18-15-12-17(21-4)16(20-3)11-13(15)2/h1,11-12,14,18H,6-10H2,2-4H3. The summed E-state index contributed by atoms with van der Waals surface area (Å²) in [5, 5.41) is 3.62. The first kappa shape index (κ1) is 15.5. The summed E-state index contributed by atoms with van der Waals surface area (Å²) in [6, 6.07) is 4.51. The minimum absolute atomic E-state index is 0.482. The van der Waals surface area contributed by atoms with E-state index >= 15 is 0 Å². The lowest BCUT2D eigenvalue weighted by atomic mass is 10.0. The normalized spacial score (nSPS) is 16.3. The predicted octanol–water partition coefficient (Wildman–Crippen LogP) is 2.52. The number of likely N-dealkylation sites (tertiary alicyclic amines) is 1. The average Bonchev–Trinajstić information content (AvgIpc) is 2.51. The quantitative estimate of drug-likeness (QED) is 0.844. The Hall–Kier alpha value is -1.86. The minimum atomic E-state index is 0.482. The molecule has 0 bridgehead atoms. The van der Waals surface area contributed by atoms with E-state index in [9.17, 15) is 0 Å². The number of anilines is 1. The van der Waals surface area contributed by atoms with Gasteiger partial charge in [0.05, 0.1) is 20.8 Å². The summed E-state index contributed by atoms with van der Waals surface area (Å²) in [7, 11) is 3.32. The third kappa shape index (κ3) is 3.83. The van der Waals surface area contributed by atoms with Gasteiger partial charge < -0.3 is 14.8 Å². The third-order valence-corrected chi connectivity index (χ3v) is 3.99. The molecule has 2 rings (SSSR count). The molecule has 1 aliphatic heterocycles. The van der Waals surface area contributed by atoms with E-state index < -0.39 is 0 Å². The van der Waals surface area contributed by atoms with E-state index in [1.165, 1.54) is 5.56 Å². The van der Waals surface area contributed by atoms with Gasteiger partial charge in [-0.05, 0) is 31.4 Å². The van der Waals surface area contributed by atoms with Crippen molar-refractivity contribution in [1.29, 1.82) is 0 Å². The van der Waals surface area contributed by atoms with Crippen LogP contribution < -0.4 is 14.8 Å². The molecule has 21 heavy (non-hydrogen) atoms. The number of piperidine rings is 1. The highest BCUT2D eigenvalue weighted by atomic mass is 16.5. The summed E-state index contributed by atoms with van der Waals surface area (Å²) in [6.07, 6.45) is 7.58. The monoisotopic (exact) mass is 288 g/mol. The number of benzene rings is 1. The minimum Gasteiger partial charge on any atom is -0.493 e. The van der Waals surface area contributed by atoms with Crippen molar-refractivity contribution in [2.75, 3.05) is 39.2 Å². The van der Waals surface area contributed by atoms with Crippen LogP contribution in [0.4, 0.5) is 5.69 Å². The van der Waals surface area contributed by atoms with E-state index in [2.05, 4.69) is 23.1 Å². The Balaban J connectivity index is 2.02. The van der Waals surface area contributed by atoms with Crippen molar-refractivity contribution in [2.45, 2.75) is 25.8 Å². The molecule has 0 aromatic heterocycles. The second kappa shape index (κ2) is 7.24. The molecule has 1 saturated heterocycles. The maximum absolute atomic E-state index is 5.37. The molecule has 0 radical (unpaired) electrons. The largest absolute Gasteiger partial charge is 0.493 e. The van der Waals surface area contributed by atoms with Crippen molar-refractivity contribution in [3.8, 4) is 23.8 Å². The summed E-state index contributed by atoms with van der Waals surface area (Å²) in [5.74, 6) is 4.24. The molecule has 0 amide bonds. The molecular weight excluding hydrogens is 264 g/mol. The van der Waals surface area contributed by atoms with E-state index in [1.54, 1.807) is 14.2 Å². The Bertz CT molecular complexity index is 514. The number of terminal acetylenes is 1. The zero-order chi connectivity index (χ0) is 15.2. The van der Waals surface area contributed by atoms with Gasteiger partial charge in [0.1, 0.15) is 0 Å². The van der Waals surface area contributed by atoms with Crippen LogP contribution >= 0.6 is 0 Å². The molecule has 4 nitrogen and oxygen atoms in total. The van der Waals surface area contributed by atoms with E-state index in [-0.39, 0.29) is 0 Å². The molecule has 0 unspecified atom stereocenters. The van der Waals surface area contributed by atoms with Crippen LogP contribution in [0.25, 0.3) is 0 Å². The van der Waals surface area contributed by atoms with Crippen molar-refractivity contribution in [2.24, 2.45) is 0 Å². The molecule has 1 fully saturated rings. The van der Waals surface area contributed by atoms with Gasteiger partial charge in [0.25, 0.3) is 0 Å². The van der Waals surface area contributed by atoms with Gasteiger partial charge in [0.15, 0.2) is 11.5 Å². The van der Waals surface area contributed by atoms with Crippen molar-refractivity contribution in [3.05, 3.63) is 17.7 Å². The Labute approximate surface area is 127 Å². The van der Waals surface area contributed by atoms with Crippen LogP contribution in [0.5, 0.6) is 11.5 Å². The molecule has 0 atom stereocenters. The topological polar surface area (TPSA) is 33.7 Å². The zero-order valence-corrected chi connectivity index (χ0v) is 13.1. The molecule has 1 aromatic carbocycles. The molecule has 0 saturated carbocycles. The highest BCUT2D eigenvalue weighted by molar-refractivity contribution is 5.60. The van der Waals surface area contributed by atoms with Crippen molar-refractivity contribution < 1.29 is 9.47 Å². The highest BCUT2D eigenvalue weighted by Crippen LogP contribution is 2.33.